The van der Waals surface area contributed by atoms with E-state index < -0.39 is 29.9 Å². The van der Waals surface area contributed by atoms with E-state index >= 15 is 0 Å². The van der Waals surface area contributed by atoms with Crippen LogP contribution in [0, 0.1) is 11.3 Å². The SMILES string of the molecule is COc1cccc(C(=O)NCC(=O)OCC(=O)N(C)C2(C#N)CCCCC2)c1. The Labute approximate surface area is 164 Å². The number of benzene rings is 1. The van der Waals surface area contributed by atoms with E-state index in [1.54, 1.807) is 31.3 Å². The highest BCUT2D eigenvalue weighted by atomic mass is 16.5. The molecule has 0 atom stereocenters. The van der Waals surface area contributed by atoms with E-state index in [0.717, 1.165) is 19.3 Å². The van der Waals surface area contributed by atoms with Gasteiger partial charge < -0.3 is 19.7 Å². The molecule has 0 bridgehead atoms. The van der Waals surface area contributed by atoms with Crippen LogP contribution in [0.2, 0.25) is 0 Å². The monoisotopic (exact) mass is 387 g/mol. The fourth-order valence-electron chi connectivity index (χ4n) is 3.21. The number of likely N-dealkylation sites (N-methyl/N-ethyl adjacent to an activating group) is 1. The Hall–Kier alpha value is -3.08. The third-order valence-corrected chi connectivity index (χ3v) is 4.99. The minimum absolute atomic E-state index is 0.344. The molecule has 1 aromatic rings. The van der Waals surface area contributed by atoms with Gasteiger partial charge in [-0.2, -0.15) is 5.26 Å². The Morgan fingerprint density at radius 1 is 1.25 bits per heavy atom. The van der Waals surface area contributed by atoms with Gasteiger partial charge in [0.1, 0.15) is 17.8 Å². The molecule has 0 spiro atoms. The van der Waals surface area contributed by atoms with Crippen LogP contribution in [-0.4, -0.2) is 55.5 Å². The van der Waals surface area contributed by atoms with E-state index in [-0.39, 0.29) is 6.54 Å². The zero-order valence-corrected chi connectivity index (χ0v) is 16.2. The first-order chi connectivity index (χ1) is 13.4. The lowest BCUT2D eigenvalue weighted by Crippen LogP contribution is -2.51. The van der Waals surface area contributed by atoms with Crippen molar-refractivity contribution in [2.75, 3.05) is 27.3 Å². The van der Waals surface area contributed by atoms with Crippen molar-refractivity contribution in [3.8, 4) is 11.8 Å². The molecule has 0 unspecified atom stereocenters. The number of esters is 1. The number of carbonyl (C=O) groups excluding carboxylic acids is 3. The van der Waals surface area contributed by atoms with Crippen molar-refractivity contribution in [1.29, 1.82) is 5.26 Å². The van der Waals surface area contributed by atoms with E-state index in [9.17, 15) is 19.6 Å². The lowest BCUT2D eigenvalue weighted by atomic mass is 9.81. The Balaban J connectivity index is 1.80. The summed E-state index contributed by atoms with van der Waals surface area (Å²) in [6.07, 6.45) is 4.07. The van der Waals surface area contributed by atoms with Gasteiger partial charge >= 0.3 is 5.97 Å². The maximum Gasteiger partial charge on any atom is 0.325 e. The van der Waals surface area contributed by atoms with Gasteiger partial charge in [0.2, 0.25) is 0 Å². The zero-order chi connectivity index (χ0) is 20.6. The van der Waals surface area contributed by atoms with Crippen LogP contribution in [0.25, 0.3) is 0 Å². The summed E-state index contributed by atoms with van der Waals surface area (Å²) in [5.41, 5.74) is -0.487. The molecule has 1 fully saturated rings. The molecular formula is C20H25N3O5. The second kappa shape index (κ2) is 9.74. The van der Waals surface area contributed by atoms with Crippen molar-refractivity contribution in [2.24, 2.45) is 0 Å². The Morgan fingerprint density at radius 3 is 2.61 bits per heavy atom. The predicted molar refractivity (Wildman–Crippen MR) is 100 cm³/mol. The molecule has 0 saturated heterocycles. The van der Waals surface area contributed by atoms with Crippen molar-refractivity contribution in [1.82, 2.24) is 10.2 Å². The van der Waals surface area contributed by atoms with Gasteiger partial charge in [-0.25, -0.2) is 0 Å². The van der Waals surface area contributed by atoms with Crippen LogP contribution in [0.1, 0.15) is 42.5 Å². The number of ether oxygens (including phenoxy) is 2. The molecule has 2 rings (SSSR count). The van der Waals surface area contributed by atoms with Crippen molar-refractivity contribution in [3.05, 3.63) is 29.8 Å². The van der Waals surface area contributed by atoms with Gasteiger partial charge in [-0.05, 0) is 31.0 Å². The number of methoxy groups -OCH3 is 1. The third kappa shape index (κ3) is 5.22. The topological polar surface area (TPSA) is 109 Å². The molecule has 150 valence electrons. The number of hydrogen-bond donors (Lipinski definition) is 1. The third-order valence-electron chi connectivity index (χ3n) is 4.99. The first-order valence-electron chi connectivity index (χ1n) is 9.17. The van der Waals surface area contributed by atoms with E-state index in [4.69, 9.17) is 9.47 Å². The predicted octanol–water partition coefficient (Wildman–Crippen LogP) is 1.65. The van der Waals surface area contributed by atoms with E-state index in [2.05, 4.69) is 11.4 Å². The molecule has 8 heteroatoms. The van der Waals surface area contributed by atoms with Gasteiger partial charge in [0.05, 0.1) is 13.2 Å². The molecule has 1 N–H and O–H groups in total. The molecule has 0 heterocycles. The fourth-order valence-corrected chi connectivity index (χ4v) is 3.21. The van der Waals surface area contributed by atoms with Gasteiger partial charge in [-0.1, -0.05) is 25.3 Å². The molecule has 0 radical (unpaired) electrons. The lowest BCUT2D eigenvalue weighted by molar-refractivity contribution is -0.152. The van der Waals surface area contributed by atoms with Gasteiger partial charge in [-0.15, -0.1) is 0 Å². The molecule has 1 aliphatic carbocycles. The summed E-state index contributed by atoms with van der Waals surface area (Å²) < 4.78 is 10.0. The lowest BCUT2D eigenvalue weighted by Gasteiger charge is -2.38. The molecule has 0 aliphatic heterocycles. The van der Waals surface area contributed by atoms with Crippen LogP contribution in [0.4, 0.5) is 0 Å². The van der Waals surface area contributed by atoms with Crippen LogP contribution in [0.5, 0.6) is 5.75 Å². The normalized spacial score (nSPS) is 15.0. The van der Waals surface area contributed by atoms with Crippen molar-refractivity contribution in [2.45, 2.75) is 37.6 Å². The Kier molecular flexibility index (Phi) is 7.38. The summed E-state index contributed by atoms with van der Waals surface area (Å²) >= 11 is 0. The smallest absolute Gasteiger partial charge is 0.325 e. The summed E-state index contributed by atoms with van der Waals surface area (Å²) in [5, 5.41) is 12.0. The number of carbonyl (C=O) groups is 3. The molecule has 1 aromatic carbocycles. The van der Waals surface area contributed by atoms with Crippen LogP contribution in [0.3, 0.4) is 0 Å². The molecule has 0 aromatic heterocycles. The maximum atomic E-state index is 12.3. The number of amides is 2. The summed E-state index contributed by atoms with van der Waals surface area (Å²) in [6.45, 7) is -0.829. The van der Waals surface area contributed by atoms with Crippen molar-refractivity contribution < 1.29 is 23.9 Å². The summed E-state index contributed by atoms with van der Waals surface area (Å²) in [7, 11) is 3.06. The minimum Gasteiger partial charge on any atom is -0.497 e. The summed E-state index contributed by atoms with van der Waals surface area (Å²) in [5.74, 6) is -1.09. The van der Waals surface area contributed by atoms with Crippen LogP contribution >= 0.6 is 0 Å². The highest BCUT2D eigenvalue weighted by Gasteiger charge is 2.38. The zero-order valence-electron chi connectivity index (χ0n) is 16.2. The molecule has 8 nitrogen and oxygen atoms in total. The minimum atomic E-state index is -0.831. The standard InChI is InChI=1S/C20H25N3O5/c1-23(20(14-21)9-4-3-5-10-20)17(24)13-28-18(25)12-22-19(26)15-7-6-8-16(11-15)27-2/h6-8,11H,3-5,9-10,12-13H2,1-2H3,(H,22,26). The van der Waals surface area contributed by atoms with Crippen LogP contribution in [-0.2, 0) is 14.3 Å². The number of nitrogens with zero attached hydrogens (tertiary/aromatic N) is 2. The second-order valence-electron chi connectivity index (χ2n) is 6.73. The highest BCUT2D eigenvalue weighted by molar-refractivity contribution is 5.96. The fraction of sp³-hybridized carbons (Fsp3) is 0.500. The second-order valence-corrected chi connectivity index (χ2v) is 6.73. The van der Waals surface area contributed by atoms with Gasteiger partial charge in [-0.3, -0.25) is 14.4 Å². The first-order valence-corrected chi connectivity index (χ1v) is 9.17. The van der Waals surface area contributed by atoms with Crippen LogP contribution in [0.15, 0.2) is 24.3 Å². The van der Waals surface area contributed by atoms with E-state index in [0.29, 0.717) is 24.2 Å². The van der Waals surface area contributed by atoms with Gasteiger partial charge in [0.25, 0.3) is 11.8 Å². The Morgan fingerprint density at radius 2 is 1.96 bits per heavy atom. The van der Waals surface area contributed by atoms with E-state index in [1.165, 1.54) is 12.0 Å². The summed E-state index contributed by atoms with van der Waals surface area (Å²) in [4.78, 5) is 37.6. The van der Waals surface area contributed by atoms with Gasteiger partial charge in [0, 0.05) is 12.6 Å². The van der Waals surface area contributed by atoms with Crippen molar-refractivity contribution in [3.63, 3.8) is 0 Å². The number of hydrogen-bond acceptors (Lipinski definition) is 6. The maximum absolute atomic E-state index is 12.3. The van der Waals surface area contributed by atoms with Crippen molar-refractivity contribution >= 4 is 17.8 Å². The first kappa shape index (κ1) is 21.2. The molecule has 28 heavy (non-hydrogen) atoms. The Bertz CT molecular complexity index is 765. The number of rotatable bonds is 7. The summed E-state index contributed by atoms with van der Waals surface area (Å²) in [6, 6.07) is 8.75. The average Bonchev–Trinajstić information content (AvgIpc) is 2.75. The van der Waals surface area contributed by atoms with Crippen LogP contribution < -0.4 is 10.1 Å². The van der Waals surface area contributed by atoms with Gasteiger partial charge in [0.15, 0.2) is 6.61 Å². The number of nitriles is 1. The quantitative estimate of drug-likeness (QED) is 0.713. The molecule has 1 aliphatic rings. The molecular weight excluding hydrogens is 362 g/mol. The average molecular weight is 387 g/mol. The molecule has 2 amide bonds. The van der Waals surface area contributed by atoms with E-state index in [1.807, 2.05) is 0 Å². The molecule has 1 saturated carbocycles. The largest absolute Gasteiger partial charge is 0.497 e. The highest BCUT2D eigenvalue weighted by Crippen LogP contribution is 2.32. The number of nitrogens with one attached hydrogen (secondary N) is 1.